The van der Waals surface area contributed by atoms with Crippen LogP contribution in [-0.2, 0) is 26.6 Å². The number of hydrogen-bond acceptors (Lipinski definition) is 5. The maximum Gasteiger partial charge on any atom is 0.259 e. The second-order valence-electron chi connectivity index (χ2n) is 6.33. The SMILES string of the molecule is Cn1cc(C(=O)Nc2sc3c(c2C#N)CCN(Cc2ccc[nH]2)C3)cn1. The van der Waals surface area contributed by atoms with E-state index in [1.165, 1.54) is 23.2 Å². The zero-order valence-electron chi connectivity index (χ0n) is 14.3. The molecule has 0 unspecified atom stereocenters. The van der Waals surface area contributed by atoms with Crippen LogP contribution >= 0.6 is 11.3 Å². The van der Waals surface area contributed by atoms with E-state index in [0.717, 1.165) is 36.5 Å². The smallest absolute Gasteiger partial charge is 0.259 e. The van der Waals surface area contributed by atoms with Gasteiger partial charge in [0.05, 0.1) is 17.3 Å². The molecule has 0 saturated carbocycles. The number of nitrogens with one attached hydrogen (secondary N) is 2. The van der Waals surface area contributed by atoms with E-state index in [1.807, 2.05) is 12.3 Å². The first-order valence-electron chi connectivity index (χ1n) is 8.33. The Bertz CT molecular complexity index is 978. The number of amides is 1. The summed E-state index contributed by atoms with van der Waals surface area (Å²) in [5.74, 6) is -0.239. The maximum atomic E-state index is 12.4. The number of rotatable bonds is 4. The number of hydrogen-bond donors (Lipinski definition) is 2. The summed E-state index contributed by atoms with van der Waals surface area (Å²) < 4.78 is 1.58. The van der Waals surface area contributed by atoms with Crippen LogP contribution in [0.2, 0.25) is 0 Å². The molecule has 1 aliphatic rings. The van der Waals surface area contributed by atoms with Gasteiger partial charge in [-0.2, -0.15) is 10.4 Å². The van der Waals surface area contributed by atoms with Crippen LogP contribution in [0.15, 0.2) is 30.7 Å². The summed E-state index contributed by atoms with van der Waals surface area (Å²) >= 11 is 1.50. The van der Waals surface area contributed by atoms with Gasteiger partial charge < -0.3 is 10.3 Å². The molecule has 0 aliphatic carbocycles. The second-order valence-corrected chi connectivity index (χ2v) is 7.44. The highest BCUT2D eigenvalue weighted by Gasteiger charge is 2.25. The highest BCUT2D eigenvalue weighted by molar-refractivity contribution is 7.16. The fraction of sp³-hybridized carbons (Fsp3) is 0.278. The third kappa shape index (κ3) is 3.14. The average Bonchev–Trinajstić information content (AvgIpc) is 3.34. The number of carbonyl (C=O) groups excluding carboxylic acids is 1. The average molecular weight is 366 g/mol. The van der Waals surface area contributed by atoms with Crippen molar-refractivity contribution in [2.24, 2.45) is 7.05 Å². The summed E-state index contributed by atoms with van der Waals surface area (Å²) in [6.45, 7) is 2.54. The fourth-order valence-corrected chi connectivity index (χ4v) is 4.45. The van der Waals surface area contributed by atoms with Crippen molar-refractivity contribution >= 4 is 22.2 Å². The number of H-pyrrole nitrogens is 1. The largest absolute Gasteiger partial charge is 0.364 e. The van der Waals surface area contributed by atoms with Crippen molar-refractivity contribution in [2.75, 3.05) is 11.9 Å². The lowest BCUT2D eigenvalue weighted by molar-refractivity contribution is 0.102. The Hall–Kier alpha value is -2.89. The number of anilines is 1. The molecule has 0 bridgehead atoms. The summed E-state index contributed by atoms with van der Waals surface area (Å²) in [4.78, 5) is 19.1. The molecular weight excluding hydrogens is 348 g/mol. The van der Waals surface area contributed by atoms with Gasteiger partial charge in [0.25, 0.3) is 5.91 Å². The van der Waals surface area contributed by atoms with Gasteiger partial charge in [-0.3, -0.25) is 14.4 Å². The number of thiophene rings is 1. The van der Waals surface area contributed by atoms with Crippen LogP contribution in [0.5, 0.6) is 0 Å². The second kappa shape index (κ2) is 6.78. The van der Waals surface area contributed by atoms with E-state index in [4.69, 9.17) is 0 Å². The molecule has 3 aromatic heterocycles. The van der Waals surface area contributed by atoms with Gasteiger partial charge in [-0.1, -0.05) is 0 Å². The van der Waals surface area contributed by atoms with Gasteiger partial charge in [0.1, 0.15) is 11.1 Å². The number of aromatic amines is 1. The Morgan fingerprint density at radius 1 is 1.54 bits per heavy atom. The molecule has 26 heavy (non-hydrogen) atoms. The van der Waals surface area contributed by atoms with Gasteiger partial charge in [-0.05, 0) is 24.1 Å². The highest BCUT2D eigenvalue weighted by Crippen LogP contribution is 2.37. The molecule has 4 heterocycles. The van der Waals surface area contributed by atoms with E-state index in [1.54, 1.807) is 17.9 Å². The molecule has 132 valence electrons. The van der Waals surface area contributed by atoms with Gasteiger partial charge in [0.2, 0.25) is 0 Å². The molecule has 0 aromatic carbocycles. The van der Waals surface area contributed by atoms with Gasteiger partial charge in [-0.25, -0.2) is 0 Å². The molecule has 3 aromatic rings. The predicted octanol–water partition coefficient (Wildman–Crippen LogP) is 2.49. The molecule has 1 amide bonds. The molecule has 0 radical (unpaired) electrons. The number of nitriles is 1. The Morgan fingerprint density at radius 3 is 3.12 bits per heavy atom. The van der Waals surface area contributed by atoms with E-state index in [9.17, 15) is 10.1 Å². The minimum absolute atomic E-state index is 0.239. The van der Waals surface area contributed by atoms with Gasteiger partial charge in [0.15, 0.2) is 0 Å². The van der Waals surface area contributed by atoms with E-state index >= 15 is 0 Å². The number of nitrogens with zero attached hydrogens (tertiary/aromatic N) is 4. The minimum Gasteiger partial charge on any atom is -0.364 e. The van der Waals surface area contributed by atoms with Crippen molar-refractivity contribution in [2.45, 2.75) is 19.5 Å². The van der Waals surface area contributed by atoms with Crippen molar-refractivity contribution in [3.05, 3.63) is 58.0 Å². The maximum absolute atomic E-state index is 12.4. The summed E-state index contributed by atoms with van der Waals surface area (Å²) in [7, 11) is 1.76. The fourth-order valence-electron chi connectivity index (χ4n) is 3.22. The van der Waals surface area contributed by atoms with Crippen molar-refractivity contribution in [3.63, 3.8) is 0 Å². The molecule has 7 nitrogen and oxygen atoms in total. The van der Waals surface area contributed by atoms with E-state index in [2.05, 4.69) is 32.4 Å². The topological polar surface area (TPSA) is 89.7 Å². The van der Waals surface area contributed by atoms with Crippen LogP contribution < -0.4 is 5.32 Å². The summed E-state index contributed by atoms with van der Waals surface area (Å²) in [5, 5.41) is 17.1. The Kier molecular flexibility index (Phi) is 4.32. The minimum atomic E-state index is -0.239. The predicted molar refractivity (Wildman–Crippen MR) is 98.8 cm³/mol. The molecule has 0 atom stereocenters. The molecular formula is C18H18N6OS. The quantitative estimate of drug-likeness (QED) is 0.742. The third-order valence-corrected chi connectivity index (χ3v) is 5.63. The number of carbonyl (C=O) groups is 1. The van der Waals surface area contributed by atoms with Crippen LogP contribution in [0.4, 0.5) is 5.00 Å². The zero-order chi connectivity index (χ0) is 18.1. The zero-order valence-corrected chi connectivity index (χ0v) is 15.1. The van der Waals surface area contributed by atoms with E-state index in [0.29, 0.717) is 16.1 Å². The molecule has 8 heteroatoms. The molecule has 0 spiro atoms. The van der Waals surface area contributed by atoms with Crippen LogP contribution in [0.25, 0.3) is 0 Å². The van der Waals surface area contributed by atoms with Crippen LogP contribution in [-0.4, -0.2) is 32.1 Å². The lowest BCUT2D eigenvalue weighted by Gasteiger charge is -2.26. The standard InChI is InChI=1S/C18H18N6OS/c1-23-9-12(8-21-23)17(25)22-18-15(7-19)14-4-6-24(11-16(14)26-18)10-13-3-2-5-20-13/h2-3,5,8-9,20H,4,6,10-11H2,1H3,(H,22,25). The van der Waals surface area contributed by atoms with E-state index in [-0.39, 0.29) is 5.91 Å². The van der Waals surface area contributed by atoms with Crippen molar-refractivity contribution < 1.29 is 4.79 Å². The van der Waals surface area contributed by atoms with Gasteiger partial charge in [-0.15, -0.1) is 11.3 Å². The molecule has 1 aliphatic heterocycles. The van der Waals surface area contributed by atoms with Crippen LogP contribution in [0, 0.1) is 11.3 Å². The number of fused-ring (bicyclic) bond motifs is 1. The Labute approximate surface area is 154 Å². The van der Waals surface area contributed by atoms with Crippen molar-refractivity contribution in [1.82, 2.24) is 19.7 Å². The van der Waals surface area contributed by atoms with Crippen molar-refractivity contribution in [3.8, 4) is 6.07 Å². The van der Waals surface area contributed by atoms with Gasteiger partial charge >= 0.3 is 0 Å². The first-order chi connectivity index (χ1) is 12.6. The molecule has 0 fully saturated rings. The van der Waals surface area contributed by atoms with Gasteiger partial charge in [0, 0.05) is 49.6 Å². The van der Waals surface area contributed by atoms with Crippen molar-refractivity contribution in [1.29, 1.82) is 5.26 Å². The van der Waals surface area contributed by atoms with Crippen LogP contribution in [0.3, 0.4) is 0 Å². The van der Waals surface area contributed by atoms with Crippen LogP contribution in [0.1, 0.15) is 32.1 Å². The highest BCUT2D eigenvalue weighted by atomic mass is 32.1. The Morgan fingerprint density at radius 2 is 2.42 bits per heavy atom. The molecule has 0 saturated heterocycles. The Balaban J connectivity index is 1.54. The summed E-state index contributed by atoms with van der Waals surface area (Å²) in [6.07, 6.45) is 5.92. The molecule has 2 N–H and O–H groups in total. The first kappa shape index (κ1) is 16.6. The lowest BCUT2D eigenvalue weighted by Crippen LogP contribution is -2.29. The van der Waals surface area contributed by atoms with E-state index < -0.39 is 0 Å². The molecule has 4 rings (SSSR count). The summed E-state index contributed by atoms with van der Waals surface area (Å²) in [5.41, 5.74) is 3.33. The lowest BCUT2D eigenvalue weighted by atomic mass is 10.0. The monoisotopic (exact) mass is 366 g/mol. The normalized spacial score (nSPS) is 14.0. The third-order valence-electron chi connectivity index (χ3n) is 4.50. The number of aromatic nitrogens is 3. The number of aryl methyl sites for hydroxylation is 1. The first-order valence-corrected chi connectivity index (χ1v) is 9.15. The summed E-state index contributed by atoms with van der Waals surface area (Å²) in [6, 6.07) is 6.35.